The first kappa shape index (κ1) is 22.8. The Balaban J connectivity index is 1.50. The molecular weight excluding hydrogens is 399 g/mol. The molecule has 1 amide bonds. The maximum Gasteiger partial charge on any atom is 0.223 e. The zero-order valence-electron chi connectivity index (χ0n) is 18.3. The quantitative estimate of drug-likeness (QED) is 0.643. The fourth-order valence-electron chi connectivity index (χ4n) is 3.93. The average molecular weight is 431 g/mol. The Labute approximate surface area is 184 Å². The number of hydrogen-bond donors (Lipinski definition) is 1. The summed E-state index contributed by atoms with van der Waals surface area (Å²) < 4.78 is 14.0. The predicted molar refractivity (Wildman–Crippen MR) is 121 cm³/mol. The second kappa shape index (κ2) is 9.49. The first-order valence-electron chi connectivity index (χ1n) is 10.7. The molecule has 0 saturated carbocycles. The van der Waals surface area contributed by atoms with E-state index in [9.17, 15) is 9.18 Å². The number of benzene rings is 2. The van der Waals surface area contributed by atoms with Gasteiger partial charge in [-0.05, 0) is 61.5 Å². The van der Waals surface area contributed by atoms with Crippen molar-refractivity contribution in [3.05, 3.63) is 70.0 Å². The largest absolute Gasteiger partial charge is 0.349 e. The van der Waals surface area contributed by atoms with Crippen LogP contribution in [0.1, 0.15) is 63.3 Å². The molecule has 0 radical (unpaired) electrons. The number of piperidine rings is 1. The Hall–Kier alpha value is -1.91. The van der Waals surface area contributed by atoms with E-state index in [2.05, 4.69) is 55.3 Å². The lowest BCUT2D eigenvalue weighted by Gasteiger charge is -2.32. The third-order valence-electron chi connectivity index (χ3n) is 6.00. The minimum atomic E-state index is -0.270. The van der Waals surface area contributed by atoms with Crippen molar-refractivity contribution in [3.63, 3.8) is 0 Å². The van der Waals surface area contributed by atoms with Crippen LogP contribution in [0.25, 0.3) is 0 Å². The highest BCUT2D eigenvalue weighted by molar-refractivity contribution is 6.30. The first-order valence-corrected chi connectivity index (χ1v) is 11.1. The topological polar surface area (TPSA) is 32.3 Å². The number of nitrogens with one attached hydrogen (secondary N) is 1. The number of nitrogens with zero attached hydrogens (tertiary/aromatic N) is 1. The summed E-state index contributed by atoms with van der Waals surface area (Å²) in [7, 11) is 0. The van der Waals surface area contributed by atoms with Crippen molar-refractivity contribution in [1.82, 2.24) is 10.2 Å². The molecule has 1 fully saturated rings. The molecule has 3 rings (SSSR count). The van der Waals surface area contributed by atoms with Gasteiger partial charge in [-0.1, -0.05) is 62.7 Å². The summed E-state index contributed by atoms with van der Waals surface area (Å²) in [6.07, 6.45) is 1.58. The number of carbonyl (C=O) groups excluding carboxylic acids is 1. The van der Waals surface area contributed by atoms with Crippen molar-refractivity contribution in [2.45, 2.75) is 58.5 Å². The Morgan fingerprint density at radius 1 is 1.17 bits per heavy atom. The fourth-order valence-corrected chi connectivity index (χ4v) is 4.09. The molecule has 1 heterocycles. The van der Waals surface area contributed by atoms with E-state index in [1.54, 1.807) is 12.1 Å². The van der Waals surface area contributed by atoms with Crippen molar-refractivity contribution < 1.29 is 9.18 Å². The molecule has 2 aromatic rings. The number of likely N-dealkylation sites (tertiary alicyclic amines) is 1. The van der Waals surface area contributed by atoms with Crippen LogP contribution in [-0.2, 0) is 16.8 Å². The third-order valence-corrected chi connectivity index (χ3v) is 6.24. The van der Waals surface area contributed by atoms with E-state index in [0.29, 0.717) is 17.1 Å². The summed E-state index contributed by atoms with van der Waals surface area (Å²) in [5.41, 5.74) is 3.17. The van der Waals surface area contributed by atoms with E-state index in [1.807, 2.05) is 6.92 Å². The van der Waals surface area contributed by atoms with Crippen molar-refractivity contribution in [2.24, 2.45) is 5.92 Å². The van der Waals surface area contributed by atoms with Gasteiger partial charge in [-0.2, -0.15) is 0 Å². The number of carbonyl (C=O) groups is 1. The normalized spacial score (nSPS) is 17.0. The maximum atomic E-state index is 14.0. The van der Waals surface area contributed by atoms with E-state index in [-0.39, 0.29) is 29.1 Å². The van der Waals surface area contributed by atoms with Crippen molar-refractivity contribution in [3.8, 4) is 0 Å². The standard InChI is InChI=1S/C25H32ClFN2O/c1-17(18-5-8-21(9-6-18)25(2,3)4)28-24(30)19-11-13-29(14-12-19)16-20-7-10-22(26)15-23(20)27/h5-10,15,17,19H,11-14,16H2,1-4H3,(H,28,30). The van der Waals surface area contributed by atoms with Gasteiger partial charge in [-0.3, -0.25) is 9.69 Å². The van der Waals surface area contributed by atoms with Gasteiger partial charge in [-0.15, -0.1) is 0 Å². The highest BCUT2D eigenvalue weighted by atomic mass is 35.5. The molecule has 1 saturated heterocycles. The molecule has 0 aliphatic carbocycles. The molecule has 1 atom stereocenters. The molecular formula is C25H32ClFN2O. The number of amides is 1. The molecule has 2 aromatic carbocycles. The fraction of sp³-hybridized carbons (Fsp3) is 0.480. The highest BCUT2D eigenvalue weighted by Gasteiger charge is 2.26. The van der Waals surface area contributed by atoms with Gasteiger partial charge in [0.2, 0.25) is 5.91 Å². The van der Waals surface area contributed by atoms with Crippen LogP contribution in [0.4, 0.5) is 4.39 Å². The van der Waals surface area contributed by atoms with Gasteiger partial charge < -0.3 is 5.32 Å². The summed E-state index contributed by atoms with van der Waals surface area (Å²) in [6, 6.07) is 13.3. The second-order valence-electron chi connectivity index (χ2n) is 9.39. The van der Waals surface area contributed by atoms with Crippen molar-refractivity contribution in [1.29, 1.82) is 0 Å². The van der Waals surface area contributed by atoms with Gasteiger partial charge in [0, 0.05) is 23.0 Å². The van der Waals surface area contributed by atoms with Crippen molar-refractivity contribution >= 4 is 17.5 Å². The zero-order chi connectivity index (χ0) is 21.9. The Morgan fingerprint density at radius 2 is 1.80 bits per heavy atom. The van der Waals surface area contributed by atoms with Crippen LogP contribution >= 0.6 is 11.6 Å². The van der Waals surface area contributed by atoms with E-state index in [4.69, 9.17) is 11.6 Å². The summed E-state index contributed by atoms with van der Waals surface area (Å²) in [6.45, 7) is 10.7. The first-order chi connectivity index (χ1) is 14.1. The van der Waals surface area contributed by atoms with E-state index in [0.717, 1.165) is 31.5 Å². The van der Waals surface area contributed by atoms with E-state index in [1.165, 1.54) is 11.6 Å². The van der Waals surface area contributed by atoms with Crippen LogP contribution in [0.15, 0.2) is 42.5 Å². The lowest BCUT2D eigenvalue weighted by atomic mass is 9.86. The number of hydrogen-bond acceptors (Lipinski definition) is 2. The summed E-state index contributed by atoms with van der Waals surface area (Å²) in [5, 5.41) is 3.58. The molecule has 30 heavy (non-hydrogen) atoms. The Bertz CT molecular complexity index is 868. The van der Waals surface area contributed by atoms with Gasteiger partial charge in [-0.25, -0.2) is 4.39 Å². The summed E-state index contributed by atoms with van der Waals surface area (Å²) in [5.74, 6) is -0.152. The molecule has 0 bridgehead atoms. The monoisotopic (exact) mass is 430 g/mol. The van der Waals surface area contributed by atoms with E-state index >= 15 is 0 Å². The molecule has 0 aromatic heterocycles. The smallest absolute Gasteiger partial charge is 0.223 e. The summed E-state index contributed by atoms with van der Waals surface area (Å²) >= 11 is 5.83. The summed E-state index contributed by atoms with van der Waals surface area (Å²) in [4.78, 5) is 15.0. The molecule has 1 N–H and O–H groups in total. The van der Waals surface area contributed by atoms with E-state index < -0.39 is 0 Å². The lowest BCUT2D eigenvalue weighted by molar-refractivity contribution is -0.127. The average Bonchev–Trinajstić information content (AvgIpc) is 2.70. The van der Waals surface area contributed by atoms with Crippen LogP contribution in [0.3, 0.4) is 0 Å². The second-order valence-corrected chi connectivity index (χ2v) is 9.82. The lowest BCUT2D eigenvalue weighted by Crippen LogP contribution is -2.41. The minimum absolute atomic E-state index is 0.00705. The highest BCUT2D eigenvalue weighted by Crippen LogP contribution is 2.25. The van der Waals surface area contributed by atoms with Crippen LogP contribution < -0.4 is 5.32 Å². The number of halogens is 2. The minimum Gasteiger partial charge on any atom is -0.349 e. The molecule has 1 unspecified atom stereocenters. The Kier molecular flexibility index (Phi) is 7.20. The molecule has 3 nitrogen and oxygen atoms in total. The SMILES string of the molecule is CC(NC(=O)C1CCN(Cc2ccc(Cl)cc2F)CC1)c1ccc(C(C)(C)C)cc1. The van der Waals surface area contributed by atoms with Crippen molar-refractivity contribution in [2.75, 3.05) is 13.1 Å². The van der Waals surface area contributed by atoms with Gasteiger partial charge in [0.15, 0.2) is 0 Å². The maximum absolute atomic E-state index is 14.0. The van der Waals surface area contributed by atoms with Gasteiger partial charge in [0.1, 0.15) is 5.82 Å². The Morgan fingerprint density at radius 3 is 2.37 bits per heavy atom. The number of rotatable bonds is 5. The molecule has 5 heteroatoms. The molecule has 1 aliphatic heterocycles. The van der Waals surface area contributed by atoms with Crippen LogP contribution in [0.2, 0.25) is 5.02 Å². The molecule has 0 spiro atoms. The van der Waals surface area contributed by atoms with Gasteiger partial charge >= 0.3 is 0 Å². The zero-order valence-corrected chi connectivity index (χ0v) is 19.1. The third kappa shape index (κ3) is 5.83. The van der Waals surface area contributed by atoms with Crippen LogP contribution in [0, 0.1) is 11.7 Å². The molecule has 1 aliphatic rings. The van der Waals surface area contributed by atoms with Gasteiger partial charge in [0.05, 0.1) is 6.04 Å². The van der Waals surface area contributed by atoms with Crippen LogP contribution in [0.5, 0.6) is 0 Å². The van der Waals surface area contributed by atoms with Gasteiger partial charge in [0.25, 0.3) is 0 Å². The predicted octanol–water partition coefficient (Wildman–Crippen LogP) is 5.87. The molecule has 162 valence electrons. The van der Waals surface area contributed by atoms with Crippen LogP contribution in [-0.4, -0.2) is 23.9 Å².